The van der Waals surface area contributed by atoms with Crippen molar-refractivity contribution in [2.24, 2.45) is 17.6 Å². The number of rotatable bonds is 7. The molecule has 5 atom stereocenters. The van der Waals surface area contributed by atoms with Gasteiger partial charge >= 0.3 is 11.9 Å². The zero-order chi connectivity index (χ0) is 28.1. The minimum atomic E-state index is -2.94. The van der Waals surface area contributed by atoms with Gasteiger partial charge in [-0.1, -0.05) is 19.1 Å². The summed E-state index contributed by atoms with van der Waals surface area (Å²) in [5.74, 6) is -11.1. The third kappa shape index (κ3) is 4.01. The first kappa shape index (κ1) is 26.9. The number of hydrogen-bond donors (Lipinski definition) is 6. The lowest BCUT2D eigenvalue weighted by atomic mass is 9.55. The highest BCUT2D eigenvalue weighted by atomic mass is 16.5. The second-order valence-electron chi connectivity index (χ2n) is 9.79. The van der Waals surface area contributed by atoms with Gasteiger partial charge in [-0.25, -0.2) is 0 Å². The van der Waals surface area contributed by atoms with E-state index in [-0.39, 0.29) is 37.0 Å². The number of aliphatic carboxylic acids is 1. The van der Waals surface area contributed by atoms with Gasteiger partial charge in [0.15, 0.2) is 11.4 Å². The number of phenolic OH excluding ortho intramolecular Hbond substituents is 1. The number of carbonyl (C=O) groups excluding carboxylic acids is 4. The number of carbonyl (C=O) groups is 5. The molecule has 0 saturated heterocycles. The summed E-state index contributed by atoms with van der Waals surface area (Å²) >= 11 is 0. The minimum absolute atomic E-state index is 0.0779. The number of unbranched alkanes of at least 4 members (excludes halogenated alkanes) is 1. The molecule has 4 rings (SSSR count). The van der Waals surface area contributed by atoms with E-state index in [0.29, 0.717) is 5.56 Å². The van der Waals surface area contributed by atoms with Crippen molar-refractivity contribution in [1.82, 2.24) is 0 Å². The Balaban J connectivity index is 1.86. The number of ether oxygens (including phenoxy) is 1. The van der Waals surface area contributed by atoms with Gasteiger partial charge in [0.2, 0.25) is 5.78 Å². The number of nitrogens with two attached hydrogens (primary N) is 1. The summed E-state index contributed by atoms with van der Waals surface area (Å²) in [6.07, 6.45) is -2.15. The molecule has 1 saturated carbocycles. The number of aromatic hydroxyl groups is 1. The molecule has 0 radical (unpaired) electrons. The van der Waals surface area contributed by atoms with Crippen LogP contribution in [-0.4, -0.2) is 66.6 Å². The Morgan fingerprint density at radius 3 is 2.39 bits per heavy atom. The molecular formula is C26H27NO11. The number of phenols is 1. The van der Waals surface area contributed by atoms with Gasteiger partial charge in [-0.05, 0) is 30.4 Å². The lowest BCUT2D eigenvalue weighted by molar-refractivity contribution is -0.178. The first-order valence-electron chi connectivity index (χ1n) is 12.0. The van der Waals surface area contributed by atoms with Crippen LogP contribution in [0.4, 0.5) is 0 Å². The van der Waals surface area contributed by atoms with E-state index < -0.39 is 88.0 Å². The van der Waals surface area contributed by atoms with Crippen molar-refractivity contribution in [1.29, 1.82) is 0 Å². The van der Waals surface area contributed by atoms with Crippen LogP contribution in [0, 0.1) is 11.8 Å². The SMILES string of the molecule is C[C@H]1c2cccc(O)c2C(O)=C2C(=O)[C@]3(O)C(O)=C(C(N)=O)C(=O)C[C@@H]3[C@@H](OC(=O)CCCCC(=O)O)[C@@H]21. The molecule has 3 aliphatic carbocycles. The maximum absolute atomic E-state index is 13.8. The van der Waals surface area contributed by atoms with E-state index >= 15 is 0 Å². The van der Waals surface area contributed by atoms with Crippen molar-refractivity contribution >= 4 is 35.2 Å². The van der Waals surface area contributed by atoms with E-state index in [0.717, 1.165) is 0 Å². The fraction of sp³-hybridized carbons (Fsp3) is 0.423. The second kappa shape index (κ2) is 9.60. The second-order valence-corrected chi connectivity index (χ2v) is 9.79. The highest BCUT2D eigenvalue weighted by molar-refractivity contribution is 6.23. The molecule has 1 amide bonds. The fourth-order valence-electron chi connectivity index (χ4n) is 5.84. The van der Waals surface area contributed by atoms with Gasteiger partial charge in [-0.3, -0.25) is 24.0 Å². The van der Waals surface area contributed by atoms with E-state index in [9.17, 15) is 44.4 Å². The number of carboxylic acid groups (broad SMARTS) is 1. The van der Waals surface area contributed by atoms with Crippen LogP contribution in [0.1, 0.15) is 56.1 Å². The zero-order valence-electron chi connectivity index (χ0n) is 20.3. The largest absolute Gasteiger partial charge is 0.508 e. The van der Waals surface area contributed by atoms with Gasteiger partial charge in [-0.15, -0.1) is 0 Å². The summed E-state index contributed by atoms with van der Waals surface area (Å²) in [6.45, 7) is 1.65. The number of aliphatic hydroxyl groups excluding tert-OH is 2. The number of aliphatic hydroxyl groups is 3. The predicted molar refractivity (Wildman–Crippen MR) is 127 cm³/mol. The Morgan fingerprint density at radius 2 is 1.76 bits per heavy atom. The van der Waals surface area contributed by atoms with E-state index in [1.165, 1.54) is 12.1 Å². The van der Waals surface area contributed by atoms with Gasteiger partial charge in [-0.2, -0.15) is 0 Å². The summed E-state index contributed by atoms with van der Waals surface area (Å²) in [5.41, 5.74) is 1.20. The highest BCUT2D eigenvalue weighted by Gasteiger charge is 2.66. The van der Waals surface area contributed by atoms with Crippen LogP contribution in [0.5, 0.6) is 5.75 Å². The monoisotopic (exact) mass is 529 g/mol. The Hall–Kier alpha value is -4.19. The normalized spacial score (nSPS) is 28.4. The van der Waals surface area contributed by atoms with E-state index in [1.54, 1.807) is 13.0 Å². The molecule has 202 valence electrons. The summed E-state index contributed by atoms with van der Waals surface area (Å²) < 4.78 is 5.70. The van der Waals surface area contributed by atoms with Crippen LogP contribution in [0.2, 0.25) is 0 Å². The number of benzene rings is 1. The molecule has 0 heterocycles. The van der Waals surface area contributed by atoms with Crippen molar-refractivity contribution in [3.05, 3.63) is 46.2 Å². The van der Waals surface area contributed by atoms with E-state index in [4.69, 9.17) is 15.6 Å². The van der Waals surface area contributed by atoms with Crippen LogP contribution in [0.15, 0.2) is 35.1 Å². The maximum Gasteiger partial charge on any atom is 0.306 e. The third-order valence-electron chi connectivity index (χ3n) is 7.62. The van der Waals surface area contributed by atoms with E-state index in [2.05, 4.69) is 0 Å². The number of primary amides is 1. The highest BCUT2D eigenvalue weighted by Crippen LogP contribution is 2.56. The molecule has 12 heteroatoms. The molecule has 0 bridgehead atoms. The molecule has 38 heavy (non-hydrogen) atoms. The third-order valence-corrected chi connectivity index (χ3v) is 7.62. The molecule has 0 spiro atoms. The molecule has 0 aliphatic heterocycles. The number of amides is 1. The molecule has 1 fully saturated rings. The molecule has 12 nitrogen and oxygen atoms in total. The molecule has 0 aromatic heterocycles. The van der Waals surface area contributed by atoms with E-state index in [1.807, 2.05) is 0 Å². The van der Waals surface area contributed by atoms with Gasteiger partial charge < -0.3 is 36.0 Å². The Bertz CT molecular complexity index is 1330. The first-order chi connectivity index (χ1) is 17.8. The van der Waals surface area contributed by atoms with Crippen molar-refractivity contribution < 1.29 is 54.2 Å². The number of fused-ring (bicyclic) bond motifs is 3. The van der Waals surface area contributed by atoms with Crippen molar-refractivity contribution in [3.63, 3.8) is 0 Å². The zero-order valence-corrected chi connectivity index (χ0v) is 20.3. The quantitative estimate of drug-likeness (QED) is 0.167. The van der Waals surface area contributed by atoms with Crippen LogP contribution in [0.3, 0.4) is 0 Å². The van der Waals surface area contributed by atoms with Crippen LogP contribution in [-0.2, 0) is 28.7 Å². The van der Waals surface area contributed by atoms with Crippen molar-refractivity contribution in [2.45, 2.75) is 56.7 Å². The van der Waals surface area contributed by atoms with Crippen LogP contribution in [0.25, 0.3) is 5.76 Å². The van der Waals surface area contributed by atoms with Gasteiger partial charge in [0.25, 0.3) is 5.91 Å². The number of hydrogen-bond acceptors (Lipinski definition) is 10. The number of esters is 1. The summed E-state index contributed by atoms with van der Waals surface area (Å²) in [5, 5.41) is 52.8. The van der Waals surface area contributed by atoms with Crippen LogP contribution >= 0.6 is 0 Å². The molecule has 7 N–H and O–H groups in total. The summed E-state index contributed by atoms with van der Waals surface area (Å²) in [7, 11) is 0. The minimum Gasteiger partial charge on any atom is -0.508 e. The average molecular weight is 529 g/mol. The summed E-state index contributed by atoms with van der Waals surface area (Å²) in [4.78, 5) is 62.0. The fourth-order valence-corrected chi connectivity index (χ4v) is 5.84. The lowest BCUT2D eigenvalue weighted by Crippen LogP contribution is -2.64. The standard InChI is InChI=1S/C26H27NO11/c1-10-11-5-4-6-13(28)18(11)21(33)20-17(10)22(38-16(32)8-3-2-7-15(30)31)12-9-14(29)19(25(27)36)23(34)26(12,37)24(20)35/h4-6,10,12,17,22,28,33-34,37H,2-3,7-9H2,1H3,(H2,27,36)(H,30,31)/t10-,12+,17+,22+,26+/m0/s1. The molecule has 0 unspecified atom stereocenters. The lowest BCUT2D eigenvalue weighted by Gasteiger charge is -2.51. The van der Waals surface area contributed by atoms with Gasteiger partial charge in [0.1, 0.15) is 28.9 Å². The van der Waals surface area contributed by atoms with Crippen molar-refractivity contribution in [2.75, 3.05) is 0 Å². The van der Waals surface area contributed by atoms with Gasteiger partial charge in [0.05, 0.1) is 5.56 Å². The van der Waals surface area contributed by atoms with Crippen LogP contribution < -0.4 is 5.73 Å². The average Bonchev–Trinajstić information content (AvgIpc) is 2.83. The Morgan fingerprint density at radius 1 is 1.11 bits per heavy atom. The predicted octanol–water partition coefficient (Wildman–Crippen LogP) is 1.15. The number of ketones is 2. The Labute approximate surface area is 216 Å². The number of Topliss-reactive ketones (excluding diaryl/α,β-unsaturated/α-hetero) is 2. The maximum atomic E-state index is 13.8. The van der Waals surface area contributed by atoms with Gasteiger partial charge in [0, 0.05) is 36.7 Å². The van der Waals surface area contributed by atoms with Crippen molar-refractivity contribution in [3.8, 4) is 5.75 Å². The summed E-state index contributed by atoms with van der Waals surface area (Å²) in [6, 6.07) is 4.40. The molecule has 1 aromatic carbocycles. The number of carboxylic acids is 1. The first-order valence-corrected chi connectivity index (χ1v) is 12.0. The molecular weight excluding hydrogens is 502 g/mol. The smallest absolute Gasteiger partial charge is 0.306 e. The Kier molecular flexibility index (Phi) is 6.79. The molecule has 1 aromatic rings. The molecule has 3 aliphatic rings. The topological polar surface area (TPSA) is 222 Å².